The maximum absolute atomic E-state index is 13.4. The second-order valence-corrected chi connectivity index (χ2v) is 7.21. The molecule has 1 heterocycles. The van der Waals surface area contributed by atoms with E-state index in [2.05, 4.69) is 26.1 Å². The van der Waals surface area contributed by atoms with Crippen molar-refractivity contribution in [1.29, 1.82) is 0 Å². The summed E-state index contributed by atoms with van der Waals surface area (Å²) < 4.78 is 26.5. The number of benzene rings is 2. The Bertz CT molecular complexity index is 1260. The number of carbonyl (C=O) groups is 4. The number of aliphatic carboxylic acids is 1. The Morgan fingerprint density at radius 2 is 1.62 bits per heavy atom. The number of carboxylic acid groups (broad SMARTS) is 1. The first-order chi connectivity index (χ1) is 16.1. The Morgan fingerprint density at radius 1 is 0.941 bits per heavy atom. The van der Waals surface area contributed by atoms with Gasteiger partial charge in [0.05, 0.1) is 23.1 Å². The molecule has 0 bridgehead atoms. The number of nitrogens with one attached hydrogen (secondary N) is 4. The van der Waals surface area contributed by atoms with Crippen LogP contribution in [0, 0.1) is 11.6 Å². The number of carbonyl (C=O) groups excluding carboxylic acids is 4. The van der Waals surface area contributed by atoms with Crippen LogP contribution >= 0.6 is 11.6 Å². The standard InChI is InChI=1S/C21H16ClF2N5O5/c22-13-6-15(24)14(23)5-12(13)20(33)27-17-7-16(28-29-17)21(34)25-8-10-1-3-11(4-2-10)19(32)26-9-18(30)31/h1-7H,8-9H2,(H,25,34)(H,26,32)(H,30,31)(H2,27,28,29,33)/p-1. The molecule has 13 heteroatoms. The first kappa shape index (κ1) is 24.3. The van der Waals surface area contributed by atoms with E-state index in [4.69, 9.17) is 11.6 Å². The molecule has 1 aromatic heterocycles. The van der Waals surface area contributed by atoms with Crippen molar-refractivity contribution in [3.63, 3.8) is 0 Å². The number of rotatable bonds is 8. The molecule has 3 amide bonds. The normalized spacial score (nSPS) is 10.4. The zero-order chi connectivity index (χ0) is 24.8. The Morgan fingerprint density at radius 3 is 2.29 bits per heavy atom. The molecular weight excluding hydrogens is 476 g/mol. The summed E-state index contributed by atoms with van der Waals surface area (Å²) in [7, 11) is 0. The molecule has 0 unspecified atom stereocenters. The molecule has 0 aliphatic rings. The first-order valence-electron chi connectivity index (χ1n) is 9.50. The number of hydrogen-bond acceptors (Lipinski definition) is 6. The van der Waals surface area contributed by atoms with Gasteiger partial charge in [-0.25, -0.2) is 8.78 Å². The number of carboxylic acids is 1. The first-order valence-corrected chi connectivity index (χ1v) is 9.88. The molecule has 0 fully saturated rings. The molecule has 0 aliphatic heterocycles. The van der Waals surface area contributed by atoms with Crippen molar-refractivity contribution in [1.82, 2.24) is 20.8 Å². The number of H-pyrrole nitrogens is 1. The number of amides is 3. The topological polar surface area (TPSA) is 156 Å². The minimum absolute atomic E-state index is 0.00459. The highest BCUT2D eigenvalue weighted by atomic mass is 35.5. The number of nitrogens with zero attached hydrogens (tertiary/aromatic N) is 1. The molecule has 176 valence electrons. The lowest BCUT2D eigenvalue weighted by Crippen LogP contribution is -2.37. The molecule has 34 heavy (non-hydrogen) atoms. The molecule has 10 nitrogen and oxygen atoms in total. The van der Waals surface area contributed by atoms with Gasteiger partial charge in [0.1, 0.15) is 5.69 Å². The minimum atomic E-state index is -1.41. The molecule has 3 aromatic rings. The quantitative estimate of drug-likeness (QED) is 0.345. The van der Waals surface area contributed by atoms with Gasteiger partial charge in [-0.05, 0) is 29.8 Å². The predicted molar refractivity (Wildman–Crippen MR) is 113 cm³/mol. The van der Waals surface area contributed by atoms with Crippen LogP contribution in [0.4, 0.5) is 14.6 Å². The molecular formula is C21H15ClF2N5O5-. The van der Waals surface area contributed by atoms with Crippen LogP contribution < -0.4 is 21.1 Å². The molecule has 3 rings (SSSR count). The van der Waals surface area contributed by atoms with Crippen molar-refractivity contribution < 1.29 is 33.1 Å². The van der Waals surface area contributed by atoms with Crippen LogP contribution in [-0.4, -0.2) is 40.4 Å². The summed E-state index contributed by atoms with van der Waals surface area (Å²) in [5.41, 5.74) is 0.563. The summed E-state index contributed by atoms with van der Waals surface area (Å²) in [5, 5.41) is 23.4. The van der Waals surface area contributed by atoms with Crippen molar-refractivity contribution >= 4 is 41.1 Å². The SMILES string of the molecule is O=C([O-])CNC(=O)c1ccc(CNC(=O)c2cc(NC(=O)c3cc(F)c(F)cc3Cl)n[nH]2)cc1. The van der Waals surface area contributed by atoms with E-state index in [1.54, 1.807) is 12.1 Å². The number of hydrogen-bond donors (Lipinski definition) is 4. The fourth-order valence-electron chi connectivity index (χ4n) is 2.69. The van der Waals surface area contributed by atoms with Crippen molar-refractivity contribution in [3.05, 3.63) is 81.5 Å². The van der Waals surface area contributed by atoms with Gasteiger partial charge in [0.15, 0.2) is 17.5 Å². The monoisotopic (exact) mass is 490 g/mol. The highest BCUT2D eigenvalue weighted by Crippen LogP contribution is 2.21. The van der Waals surface area contributed by atoms with E-state index in [1.807, 2.05) is 0 Å². The van der Waals surface area contributed by atoms with Gasteiger partial charge in [-0.1, -0.05) is 23.7 Å². The van der Waals surface area contributed by atoms with E-state index < -0.39 is 41.9 Å². The van der Waals surface area contributed by atoms with Gasteiger partial charge in [-0.15, -0.1) is 0 Å². The van der Waals surface area contributed by atoms with E-state index in [-0.39, 0.29) is 34.2 Å². The lowest BCUT2D eigenvalue weighted by Gasteiger charge is -2.07. The smallest absolute Gasteiger partial charge is 0.269 e. The second-order valence-electron chi connectivity index (χ2n) is 6.80. The summed E-state index contributed by atoms with van der Waals surface area (Å²) in [6, 6.07) is 8.59. The van der Waals surface area contributed by atoms with Crippen LogP contribution in [0.1, 0.15) is 36.8 Å². The Labute approximate surface area is 195 Å². The molecule has 2 aromatic carbocycles. The zero-order valence-electron chi connectivity index (χ0n) is 17.1. The third kappa shape index (κ3) is 6.13. The van der Waals surface area contributed by atoms with Crippen LogP contribution in [0.3, 0.4) is 0 Å². The summed E-state index contributed by atoms with van der Waals surface area (Å²) >= 11 is 5.76. The average molecular weight is 491 g/mol. The van der Waals surface area contributed by atoms with E-state index in [0.717, 1.165) is 0 Å². The van der Waals surface area contributed by atoms with Gasteiger partial charge >= 0.3 is 0 Å². The molecule has 0 saturated carbocycles. The average Bonchev–Trinajstić information content (AvgIpc) is 3.27. The van der Waals surface area contributed by atoms with Crippen LogP contribution in [-0.2, 0) is 11.3 Å². The van der Waals surface area contributed by atoms with Crippen molar-refractivity contribution in [3.8, 4) is 0 Å². The molecule has 0 atom stereocenters. The van der Waals surface area contributed by atoms with Crippen LogP contribution in [0.15, 0.2) is 42.5 Å². The van der Waals surface area contributed by atoms with E-state index in [0.29, 0.717) is 17.7 Å². The lowest BCUT2D eigenvalue weighted by molar-refractivity contribution is -0.303. The summed E-state index contributed by atoms with van der Waals surface area (Å²) in [5.74, 6) is -5.92. The number of aromatic amines is 1. The third-order valence-corrected chi connectivity index (χ3v) is 4.69. The Hall–Kier alpha value is -4.32. The molecule has 0 radical (unpaired) electrons. The highest BCUT2D eigenvalue weighted by molar-refractivity contribution is 6.34. The Balaban J connectivity index is 1.55. The summed E-state index contributed by atoms with van der Waals surface area (Å²) in [6.45, 7) is -0.526. The number of halogens is 3. The van der Waals surface area contributed by atoms with E-state index in [9.17, 15) is 33.1 Å². The van der Waals surface area contributed by atoms with Crippen molar-refractivity contribution in [2.75, 3.05) is 11.9 Å². The summed E-state index contributed by atoms with van der Waals surface area (Å²) in [4.78, 5) is 46.7. The van der Waals surface area contributed by atoms with Gasteiger partial charge in [0.25, 0.3) is 17.7 Å². The van der Waals surface area contributed by atoms with Crippen LogP contribution in [0.5, 0.6) is 0 Å². The molecule has 4 N–H and O–H groups in total. The molecule has 0 saturated heterocycles. The van der Waals surface area contributed by atoms with E-state index >= 15 is 0 Å². The van der Waals surface area contributed by atoms with Gasteiger partial charge in [0, 0.05) is 18.2 Å². The zero-order valence-corrected chi connectivity index (χ0v) is 17.8. The predicted octanol–water partition coefficient (Wildman–Crippen LogP) is 1.00. The van der Waals surface area contributed by atoms with Gasteiger partial charge in [-0.2, -0.15) is 5.10 Å². The van der Waals surface area contributed by atoms with Crippen molar-refractivity contribution in [2.24, 2.45) is 0 Å². The van der Waals surface area contributed by atoms with Crippen LogP contribution in [0.25, 0.3) is 0 Å². The van der Waals surface area contributed by atoms with Crippen LogP contribution in [0.2, 0.25) is 5.02 Å². The summed E-state index contributed by atoms with van der Waals surface area (Å²) in [6.07, 6.45) is 0. The van der Waals surface area contributed by atoms with Crippen molar-refractivity contribution in [2.45, 2.75) is 6.54 Å². The third-order valence-electron chi connectivity index (χ3n) is 4.38. The fourth-order valence-corrected chi connectivity index (χ4v) is 2.92. The van der Waals surface area contributed by atoms with Gasteiger partial charge < -0.3 is 25.9 Å². The fraction of sp³-hybridized carbons (Fsp3) is 0.0952. The molecule has 0 spiro atoms. The van der Waals surface area contributed by atoms with E-state index in [1.165, 1.54) is 18.2 Å². The lowest BCUT2D eigenvalue weighted by atomic mass is 10.1. The largest absolute Gasteiger partial charge is 0.548 e. The van der Waals surface area contributed by atoms with Gasteiger partial charge in [0.2, 0.25) is 0 Å². The number of anilines is 1. The Kier molecular flexibility index (Phi) is 7.53. The maximum Gasteiger partial charge on any atom is 0.269 e. The molecule has 0 aliphatic carbocycles. The highest BCUT2D eigenvalue weighted by Gasteiger charge is 2.17. The van der Waals surface area contributed by atoms with Gasteiger partial charge in [-0.3, -0.25) is 19.5 Å². The minimum Gasteiger partial charge on any atom is -0.548 e. The number of aromatic nitrogens is 2. The maximum atomic E-state index is 13.4. The second kappa shape index (κ2) is 10.5.